The van der Waals surface area contributed by atoms with Crippen LogP contribution < -0.4 is 10.5 Å². The molecule has 31 heavy (non-hydrogen) atoms. The van der Waals surface area contributed by atoms with Crippen LogP contribution in [0.5, 0.6) is 0 Å². The Morgan fingerprint density at radius 3 is 2.55 bits per heavy atom. The van der Waals surface area contributed by atoms with Gasteiger partial charge in [-0.3, -0.25) is 14.2 Å². The molecule has 3 aromatic rings. The lowest BCUT2D eigenvalue weighted by Crippen LogP contribution is -2.29. The van der Waals surface area contributed by atoms with E-state index >= 15 is 0 Å². The van der Waals surface area contributed by atoms with Gasteiger partial charge in [0.2, 0.25) is 0 Å². The SMILES string of the molecule is CN(Cc1ccc(N2CCCCC2)cc1)C(=O)c1ccc2c(=O)n3c(nc2c1)CCC3. The van der Waals surface area contributed by atoms with Crippen molar-refractivity contribution in [1.82, 2.24) is 14.5 Å². The average Bonchev–Trinajstić information content (AvgIpc) is 3.28. The highest BCUT2D eigenvalue weighted by atomic mass is 16.2. The highest BCUT2D eigenvalue weighted by Crippen LogP contribution is 2.21. The van der Waals surface area contributed by atoms with Crippen LogP contribution in [0.25, 0.3) is 10.9 Å². The first-order valence-electron chi connectivity index (χ1n) is 11.2. The van der Waals surface area contributed by atoms with Crippen LogP contribution in [0.15, 0.2) is 47.3 Å². The number of benzene rings is 2. The van der Waals surface area contributed by atoms with E-state index in [1.54, 1.807) is 27.7 Å². The summed E-state index contributed by atoms with van der Waals surface area (Å²) < 4.78 is 1.75. The fraction of sp³-hybridized carbons (Fsp3) is 0.400. The highest BCUT2D eigenvalue weighted by molar-refractivity contribution is 5.97. The summed E-state index contributed by atoms with van der Waals surface area (Å²) in [7, 11) is 1.82. The third-order valence-corrected chi connectivity index (χ3v) is 6.49. The third-order valence-electron chi connectivity index (χ3n) is 6.49. The molecule has 0 aliphatic carbocycles. The quantitative estimate of drug-likeness (QED) is 0.652. The van der Waals surface area contributed by atoms with Gasteiger partial charge in [-0.15, -0.1) is 0 Å². The number of nitrogens with zero attached hydrogens (tertiary/aromatic N) is 4. The molecule has 1 saturated heterocycles. The maximum atomic E-state index is 13.0. The second kappa shape index (κ2) is 8.17. The smallest absolute Gasteiger partial charge is 0.261 e. The molecular formula is C25H28N4O2. The van der Waals surface area contributed by atoms with Crippen LogP contribution in [-0.2, 0) is 19.5 Å². The molecule has 0 bridgehead atoms. The first kappa shape index (κ1) is 19.8. The summed E-state index contributed by atoms with van der Waals surface area (Å²) in [6, 6.07) is 13.8. The average molecular weight is 417 g/mol. The van der Waals surface area contributed by atoms with E-state index in [9.17, 15) is 9.59 Å². The molecule has 2 aliphatic heterocycles. The van der Waals surface area contributed by atoms with Gasteiger partial charge in [0.05, 0.1) is 10.9 Å². The van der Waals surface area contributed by atoms with Crippen LogP contribution >= 0.6 is 0 Å². The standard InChI is InChI=1S/C25H28N4O2/c1-27(17-18-7-10-20(11-8-18)28-13-3-2-4-14-28)24(30)19-9-12-21-22(16-19)26-23-6-5-15-29(23)25(21)31/h7-12,16H,2-6,13-15,17H2,1H3. The monoisotopic (exact) mass is 416 g/mol. The van der Waals surface area contributed by atoms with Crippen molar-refractivity contribution in [3.05, 3.63) is 69.8 Å². The number of hydrogen-bond acceptors (Lipinski definition) is 4. The summed E-state index contributed by atoms with van der Waals surface area (Å²) >= 11 is 0. The summed E-state index contributed by atoms with van der Waals surface area (Å²) in [5.41, 5.74) is 3.54. The number of amides is 1. The molecule has 1 aromatic heterocycles. The number of rotatable bonds is 4. The Balaban J connectivity index is 1.32. The number of piperidine rings is 1. The number of fused-ring (bicyclic) bond motifs is 2. The van der Waals surface area contributed by atoms with Gasteiger partial charge in [-0.25, -0.2) is 4.98 Å². The molecule has 2 aromatic carbocycles. The Kier molecular flexibility index (Phi) is 5.22. The molecule has 0 unspecified atom stereocenters. The van der Waals surface area contributed by atoms with Gasteiger partial charge in [-0.1, -0.05) is 12.1 Å². The lowest BCUT2D eigenvalue weighted by molar-refractivity contribution is 0.0785. The summed E-state index contributed by atoms with van der Waals surface area (Å²) in [5.74, 6) is 0.758. The molecular weight excluding hydrogens is 388 g/mol. The Bertz CT molecular complexity index is 1180. The predicted octanol–water partition coefficient (Wildman–Crippen LogP) is 3.61. The molecule has 1 fully saturated rings. The van der Waals surface area contributed by atoms with Crippen molar-refractivity contribution in [2.45, 2.75) is 45.2 Å². The van der Waals surface area contributed by atoms with Gasteiger partial charge in [-0.2, -0.15) is 0 Å². The summed E-state index contributed by atoms with van der Waals surface area (Å²) in [6.07, 6.45) is 5.60. The second-order valence-electron chi connectivity index (χ2n) is 8.70. The van der Waals surface area contributed by atoms with Gasteiger partial charge in [-0.05, 0) is 61.6 Å². The zero-order valence-electron chi connectivity index (χ0n) is 18.0. The van der Waals surface area contributed by atoms with Crippen molar-refractivity contribution >= 4 is 22.5 Å². The van der Waals surface area contributed by atoms with Crippen molar-refractivity contribution in [2.24, 2.45) is 0 Å². The first-order valence-corrected chi connectivity index (χ1v) is 11.2. The molecule has 0 saturated carbocycles. The Labute approximate surface area is 182 Å². The minimum absolute atomic E-state index is 0.00125. The predicted molar refractivity (Wildman–Crippen MR) is 123 cm³/mol. The Morgan fingerprint density at radius 1 is 1.00 bits per heavy atom. The highest BCUT2D eigenvalue weighted by Gasteiger charge is 2.18. The Morgan fingerprint density at radius 2 is 1.77 bits per heavy atom. The number of carbonyl (C=O) groups excluding carboxylic acids is 1. The van der Waals surface area contributed by atoms with E-state index < -0.39 is 0 Å². The van der Waals surface area contributed by atoms with E-state index in [0.29, 0.717) is 23.0 Å². The molecule has 1 amide bonds. The largest absolute Gasteiger partial charge is 0.372 e. The normalized spacial score (nSPS) is 15.8. The molecule has 0 spiro atoms. The van der Waals surface area contributed by atoms with Crippen molar-refractivity contribution in [3.8, 4) is 0 Å². The number of carbonyl (C=O) groups is 1. The maximum Gasteiger partial charge on any atom is 0.261 e. The van der Waals surface area contributed by atoms with Gasteiger partial charge >= 0.3 is 0 Å². The summed E-state index contributed by atoms with van der Waals surface area (Å²) in [6.45, 7) is 3.52. The van der Waals surface area contributed by atoms with Crippen molar-refractivity contribution in [2.75, 3.05) is 25.0 Å². The molecule has 160 valence electrons. The molecule has 2 aliphatic rings. The molecule has 5 rings (SSSR count). The van der Waals surface area contributed by atoms with Crippen LogP contribution in [0.4, 0.5) is 5.69 Å². The van der Waals surface area contributed by atoms with Crippen LogP contribution in [0, 0.1) is 0 Å². The van der Waals surface area contributed by atoms with Crippen molar-refractivity contribution in [1.29, 1.82) is 0 Å². The second-order valence-corrected chi connectivity index (χ2v) is 8.70. The first-order chi connectivity index (χ1) is 15.1. The van der Waals surface area contributed by atoms with E-state index in [-0.39, 0.29) is 11.5 Å². The van der Waals surface area contributed by atoms with Crippen LogP contribution in [0.2, 0.25) is 0 Å². The minimum Gasteiger partial charge on any atom is -0.372 e. The molecule has 3 heterocycles. The van der Waals surface area contributed by atoms with Crippen molar-refractivity contribution < 1.29 is 4.79 Å². The van der Waals surface area contributed by atoms with Crippen LogP contribution in [-0.4, -0.2) is 40.5 Å². The number of anilines is 1. The summed E-state index contributed by atoms with van der Waals surface area (Å²) in [4.78, 5) is 34.5. The van der Waals surface area contributed by atoms with Gasteiger partial charge in [0, 0.05) is 50.9 Å². The van der Waals surface area contributed by atoms with Crippen molar-refractivity contribution in [3.63, 3.8) is 0 Å². The minimum atomic E-state index is -0.0654. The molecule has 6 nitrogen and oxygen atoms in total. The van der Waals surface area contributed by atoms with Gasteiger partial charge in [0.15, 0.2) is 0 Å². The summed E-state index contributed by atoms with van der Waals surface area (Å²) in [5, 5.41) is 0.582. The zero-order valence-corrected chi connectivity index (χ0v) is 18.0. The lowest BCUT2D eigenvalue weighted by atomic mass is 10.1. The maximum absolute atomic E-state index is 13.0. The van der Waals surface area contributed by atoms with E-state index in [1.807, 2.05) is 7.05 Å². The zero-order chi connectivity index (χ0) is 21.4. The van der Waals surface area contributed by atoms with E-state index in [1.165, 1.54) is 24.9 Å². The van der Waals surface area contributed by atoms with E-state index in [2.05, 4.69) is 34.1 Å². The van der Waals surface area contributed by atoms with E-state index in [0.717, 1.165) is 43.9 Å². The fourth-order valence-corrected chi connectivity index (χ4v) is 4.75. The number of hydrogen-bond donors (Lipinski definition) is 0. The third kappa shape index (κ3) is 3.82. The Hall–Kier alpha value is -3.15. The molecule has 0 N–H and O–H groups in total. The fourth-order valence-electron chi connectivity index (χ4n) is 4.75. The van der Waals surface area contributed by atoms with E-state index in [4.69, 9.17) is 0 Å². The van der Waals surface area contributed by atoms with Gasteiger partial charge < -0.3 is 9.80 Å². The van der Waals surface area contributed by atoms with Crippen LogP contribution in [0.1, 0.15) is 47.4 Å². The number of aromatic nitrogens is 2. The number of aryl methyl sites for hydroxylation is 1. The topological polar surface area (TPSA) is 58.4 Å². The molecule has 0 radical (unpaired) electrons. The lowest BCUT2D eigenvalue weighted by Gasteiger charge is -2.29. The molecule has 0 atom stereocenters. The van der Waals surface area contributed by atoms with Gasteiger partial charge in [0.25, 0.3) is 11.5 Å². The van der Waals surface area contributed by atoms with Gasteiger partial charge in [0.1, 0.15) is 5.82 Å². The van der Waals surface area contributed by atoms with Crippen LogP contribution in [0.3, 0.4) is 0 Å². The molecule has 6 heteroatoms.